The fourth-order valence-corrected chi connectivity index (χ4v) is 6.38. The Kier molecular flexibility index (Phi) is 6.92. The molecule has 4 heterocycles. The van der Waals surface area contributed by atoms with Gasteiger partial charge in [-0.25, -0.2) is 18.1 Å². The van der Waals surface area contributed by atoms with E-state index in [2.05, 4.69) is 15.4 Å². The molecule has 0 radical (unpaired) electrons. The van der Waals surface area contributed by atoms with E-state index in [4.69, 9.17) is 16.3 Å². The SMILES string of the molecule is O=c1c(Cl)c(NC[C@H]2CCCOC2)cnn1C1CCN(S(=O)(=O)c2cc(C3CC3)ccn2)CC1. The molecule has 2 aromatic heterocycles. The molecular formula is C23H30ClN5O4S. The zero-order chi connectivity index (χ0) is 23.7. The van der Waals surface area contributed by atoms with Crippen molar-refractivity contribution in [1.82, 2.24) is 19.1 Å². The van der Waals surface area contributed by atoms with Gasteiger partial charge in [-0.05, 0) is 68.1 Å². The number of nitrogens with zero attached hydrogens (tertiary/aromatic N) is 4. The molecule has 3 aliphatic rings. The van der Waals surface area contributed by atoms with Gasteiger partial charge in [-0.2, -0.15) is 9.40 Å². The van der Waals surface area contributed by atoms with E-state index in [9.17, 15) is 13.2 Å². The molecular weight excluding hydrogens is 478 g/mol. The Labute approximate surface area is 204 Å². The number of hydrogen-bond acceptors (Lipinski definition) is 7. The van der Waals surface area contributed by atoms with Gasteiger partial charge in [0.15, 0.2) is 5.03 Å². The second kappa shape index (κ2) is 9.93. The summed E-state index contributed by atoms with van der Waals surface area (Å²) >= 11 is 6.38. The van der Waals surface area contributed by atoms with Gasteiger partial charge >= 0.3 is 0 Å². The minimum absolute atomic E-state index is 0.104. The Morgan fingerprint density at radius 2 is 1.97 bits per heavy atom. The van der Waals surface area contributed by atoms with Gasteiger partial charge in [-0.1, -0.05) is 11.6 Å². The first-order chi connectivity index (χ1) is 16.4. The maximum absolute atomic E-state index is 13.1. The minimum Gasteiger partial charge on any atom is -0.382 e. The van der Waals surface area contributed by atoms with Gasteiger partial charge in [0.05, 0.1) is 24.5 Å². The number of ether oxygens (including phenoxy) is 1. The average Bonchev–Trinajstić information content (AvgIpc) is 3.72. The predicted octanol–water partition coefficient (Wildman–Crippen LogP) is 3.03. The zero-order valence-electron chi connectivity index (χ0n) is 19.0. The highest BCUT2D eigenvalue weighted by molar-refractivity contribution is 7.89. The van der Waals surface area contributed by atoms with E-state index in [1.807, 2.05) is 6.07 Å². The Morgan fingerprint density at radius 1 is 1.18 bits per heavy atom. The van der Waals surface area contributed by atoms with E-state index in [-0.39, 0.29) is 21.6 Å². The summed E-state index contributed by atoms with van der Waals surface area (Å²) in [5.74, 6) is 0.844. The zero-order valence-corrected chi connectivity index (χ0v) is 20.6. The van der Waals surface area contributed by atoms with Crippen molar-refractivity contribution in [2.75, 3.05) is 38.2 Å². The number of piperidine rings is 1. The topological polar surface area (TPSA) is 106 Å². The Morgan fingerprint density at radius 3 is 2.68 bits per heavy atom. The van der Waals surface area contributed by atoms with Crippen molar-refractivity contribution in [3.05, 3.63) is 45.5 Å². The Balaban J connectivity index is 1.23. The highest BCUT2D eigenvalue weighted by Crippen LogP contribution is 2.40. The molecule has 5 rings (SSSR count). The number of anilines is 1. The van der Waals surface area contributed by atoms with Crippen LogP contribution in [0.1, 0.15) is 56.0 Å². The van der Waals surface area contributed by atoms with Crippen molar-refractivity contribution in [1.29, 1.82) is 0 Å². The van der Waals surface area contributed by atoms with Crippen LogP contribution < -0.4 is 10.9 Å². The summed E-state index contributed by atoms with van der Waals surface area (Å²) in [7, 11) is -3.67. The summed E-state index contributed by atoms with van der Waals surface area (Å²) in [6.07, 6.45) is 8.45. The highest BCUT2D eigenvalue weighted by Gasteiger charge is 2.33. The third-order valence-electron chi connectivity index (χ3n) is 6.96. The molecule has 3 fully saturated rings. The van der Waals surface area contributed by atoms with Gasteiger partial charge in [0.2, 0.25) is 0 Å². The van der Waals surface area contributed by atoms with Crippen molar-refractivity contribution >= 4 is 27.3 Å². The van der Waals surface area contributed by atoms with Crippen LogP contribution in [0.4, 0.5) is 5.69 Å². The van der Waals surface area contributed by atoms with E-state index >= 15 is 0 Å². The van der Waals surface area contributed by atoms with Crippen LogP contribution in [-0.4, -0.2) is 60.3 Å². The van der Waals surface area contributed by atoms with Crippen LogP contribution in [0.5, 0.6) is 0 Å². The monoisotopic (exact) mass is 507 g/mol. The first-order valence-electron chi connectivity index (χ1n) is 12.0. The Bertz CT molecular complexity index is 1190. The van der Waals surface area contributed by atoms with E-state index in [1.54, 1.807) is 18.5 Å². The normalized spacial score (nSPS) is 22.6. The van der Waals surface area contributed by atoms with Gasteiger partial charge in [0.1, 0.15) is 5.02 Å². The summed E-state index contributed by atoms with van der Waals surface area (Å²) < 4.78 is 34.6. The van der Waals surface area contributed by atoms with E-state index < -0.39 is 10.0 Å². The predicted molar refractivity (Wildman–Crippen MR) is 129 cm³/mol. The van der Waals surface area contributed by atoms with Crippen LogP contribution in [-0.2, 0) is 14.8 Å². The molecule has 0 aromatic carbocycles. The summed E-state index contributed by atoms with van der Waals surface area (Å²) in [6, 6.07) is 3.39. The molecule has 0 spiro atoms. The molecule has 0 unspecified atom stereocenters. The van der Waals surface area contributed by atoms with Crippen molar-refractivity contribution in [3.8, 4) is 0 Å². The summed E-state index contributed by atoms with van der Waals surface area (Å²) in [6.45, 7) is 2.79. The lowest BCUT2D eigenvalue weighted by Crippen LogP contribution is -2.41. The molecule has 9 nitrogen and oxygen atoms in total. The lowest BCUT2D eigenvalue weighted by Gasteiger charge is -2.31. The van der Waals surface area contributed by atoms with Crippen LogP contribution in [0.3, 0.4) is 0 Å². The quantitative estimate of drug-likeness (QED) is 0.613. The van der Waals surface area contributed by atoms with Gasteiger partial charge in [0, 0.05) is 32.4 Å². The number of aromatic nitrogens is 3. The molecule has 1 N–H and O–H groups in total. The first kappa shape index (κ1) is 23.7. The number of nitrogens with one attached hydrogen (secondary N) is 1. The number of halogens is 1. The fourth-order valence-electron chi connectivity index (χ4n) is 4.75. The lowest BCUT2D eigenvalue weighted by atomic mass is 10.0. The highest BCUT2D eigenvalue weighted by atomic mass is 35.5. The maximum Gasteiger partial charge on any atom is 0.287 e. The smallest absolute Gasteiger partial charge is 0.287 e. The van der Waals surface area contributed by atoms with Crippen LogP contribution >= 0.6 is 11.6 Å². The minimum atomic E-state index is -3.67. The second-order valence-corrected chi connectivity index (χ2v) is 11.7. The molecule has 34 heavy (non-hydrogen) atoms. The Hall–Kier alpha value is -2.01. The van der Waals surface area contributed by atoms with E-state index in [0.29, 0.717) is 56.6 Å². The molecule has 2 aliphatic heterocycles. The van der Waals surface area contributed by atoms with Crippen LogP contribution in [0.25, 0.3) is 0 Å². The molecule has 2 aromatic rings. The van der Waals surface area contributed by atoms with Crippen LogP contribution in [0.2, 0.25) is 5.02 Å². The van der Waals surface area contributed by atoms with E-state index in [0.717, 1.165) is 37.9 Å². The molecule has 1 saturated carbocycles. The van der Waals surface area contributed by atoms with Crippen molar-refractivity contribution in [3.63, 3.8) is 0 Å². The fraction of sp³-hybridized carbons (Fsp3) is 0.609. The van der Waals surface area contributed by atoms with Crippen molar-refractivity contribution in [2.24, 2.45) is 5.92 Å². The molecule has 184 valence electrons. The largest absolute Gasteiger partial charge is 0.382 e. The summed E-state index contributed by atoms with van der Waals surface area (Å²) in [5, 5.41) is 7.81. The second-order valence-electron chi connectivity index (χ2n) is 9.42. The third kappa shape index (κ3) is 5.00. The molecule has 11 heteroatoms. The molecule has 2 saturated heterocycles. The summed E-state index contributed by atoms with van der Waals surface area (Å²) in [5.41, 5.74) is 1.21. The average molecular weight is 508 g/mol. The lowest BCUT2D eigenvalue weighted by molar-refractivity contribution is 0.0595. The number of sulfonamides is 1. The number of hydrogen-bond donors (Lipinski definition) is 1. The van der Waals surface area contributed by atoms with E-state index in [1.165, 1.54) is 8.99 Å². The number of rotatable bonds is 7. The van der Waals surface area contributed by atoms with Crippen LogP contribution in [0.15, 0.2) is 34.3 Å². The number of pyridine rings is 1. The standard InChI is InChI=1S/C23H30ClN5O4S/c24-22-20(26-13-16-2-1-11-33-15-16)14-27-29(23(22)30)19-6-9-28(10-7-19)34(31,32)21-12-18(5-8-25-21)17-3-4-17/h5,8,12,14,16-17,19,26H,1-4,6-7,9-11,13,15H2/t16-/m1/s1. The van der Waals surface area contributed by atoms with Crippen LogP contribution in [0, 0.1) is 5.92 Å². The van der Waals surface area contributed by atoms with Crippen molar-refractivity contribution < 1.29 is 13.2 Å². The van der Waals surface area contributed by atoms with Gasteiger partial charge in [-0.15, -0.1) is 0 Å². The molecule has 1 atom stereocenters. The first-order valence-corrected chi connectivity index (χ1v) is 13.8. The molecule has 0 amide bonds. The van der Waals surface area contributed by atoms with Gasteiger partial charge < -0.3 is 10.1 Å². The summed E-state index contributed by atoms with van der Waals surface area (Å²) in [4.78, 5) is 17.0. The maximum atomic E-state index is 13.1. The third-order valence-corrected chi connectivity index (χ3v) is 9.12. The molecule has 1 aliphatic carbocycles. The van der Waals surface area contributed by atoms with Gasteiger partial charge in [-0.3, -0.25) is 4.79 Å². The van der Waals surface area contributed by atoms with Gasteiger partial charge in [0.25, 0.3) is 15.6 Å². The molecule has 0 bridgehead atoms. The van der Waals surface area contributed by atoms with Crippen molar-refractivity contribution in [2.45, 2.75) is 55.5 Å².